The van der Waals surface area contributed by atoms with Crippen LogP contribution in [0, 0.1) is 0 Å². The first-order chi connectivity index (χ1) is 8.31. The summed E-state index contributed by atoms with van der Waals surface area (Å²) in [5, 5.41) is 0. The highest BCUT2D eigenvalue weighted by Gasteiger charge is 2.48. The molecule has 0 fully saturated rings. The molecule has 0 bridgehead atoms. The van der Waals surface area contributed by atoms with Crippen LogP contribution in [0.1, 0.15) is 40.5 Å². The van der Waals surface area contributed by atoms with Crippen LogP contribution < -0.4 is 0 Å². The molecule has 0 aromatic carbocycles. The summed E-state index contributed by atoms with van der Waals surface area (Å²) in [6.07, 6.45) is -4.66. The van der Waals surface area contributed by atoms with Crippen molar-refractivity contribution >= 4 is 8.80 Å². The molecule has 0 rings (SSSR count). The molecular weight excluding hydrogens is 265 g/mol. The average molecular weight is 288 g/mol. The van der Waals surface area contributed by atoms with E-state index in [2.05, 4.69) is 0 Å². The molecule has 0 aliphatic carbocycles. The summed E-state index contributed by atoms with van der Waals surface area (Å²) in [5.74, 6) is 0. The van der Waals surface area contributed by atoms with Crippen molar-refractivity contribution in [1.82, 2.24) is 0 Å². The highest BCUT2D eigenvalue weighted by Crippen LogP contribution is 2.28. The van der Waals surface area contributed by atoms with Crippen molar-refractivity contribution < 1.29 is 26.4 Å². The minimum atomic E-state index is -4.39. The number of rotatable bonds is 9. The molecule has 3 nitrogen and oxygen atoms in total. The Morgan fingerprint density at radius 2 is 1.56 bits per heavy atom. The van der Waals surface area contributed by atoms with Crippen LogP contribution in [0.5, 0.6) is 0 Å². The molecule has 0 heterocycles. The normalized spacial score (nSPS) is 14.8. The second-order valence-electron chi connectivity index (χ2n) is 3.95. The predicted octanol–water partition coefficient (Wildman–Crippen LogP) is 3.77. The summed E-state index contributed by atoms with van der Waals surface area (Å²) in [6, 6.07) is 0.422. The maximum absolute atomic E-state index is 12.6. The Bertz CT molecular complexity index is 218. The second kappa shape index (κ2) is 8.14. The highest BCUT2D eigenvalue weighted by molar-refractivity contribution is 6.60. The number of hydrogen-bond acceptors (Lipinski definition) is 3. The van der Waals surface area contributed by atoms with Gasteiger partial charge in [-0.1, -0.05) is 13.3 Å². The fourth-order valence-corrected chi connectivity index (χ4v) is 4.45. The van der Waals surface area contributed by atoms with E-state index < -0.39 is 21.1 Å². The smallest absolute Gasteiger partial charge is 0.374 e. The van der Waals surface area contributed by atoms with Gasteiger partial charge in [-0.25, -0.2) is 0 Å². The van der Waals surface area contributed by atoms with Gasteiger partial charge in [0.1, 0.15) is 6.10 Å². The van der Waals surface area contributed by atoms with E-state index >= 15 is 0 Å². The van der Waals surface area contributed by atoms with Gasteiger partial charge in [-0.2, -0.15) is 13.2 Å². The largest absolute Gasteiger partial charge is 0.501 e. The molecule has 1 atom stereocenters. The Hall–Kier alpha value is -0.113. The van der Waals surface area contributed by atoms with Crippen LogP contribution in [0.15, 0.2) is 0 Å². The Balaban J connectivity index is 4.79. The van der Waals surface area contributed by atoms with Gasteiger partial charge in [-0.15, -0.1) is 0 Å². The minimum absolute atomic E-state index is 0.292. The maximum atomic E-state index is 12.6. The van der Waals surface area contributed by atoms with E-state index in [1.807, 2.05) is 6.92 Å². The molecule has 110 valence electrons. The first kappa shape index (κ1) is 17.9. The third kappa shape index (κ3) is 6.17. The molecule has 0 N–H and O–H groups in total. The van der Waals surface area contributed by atoms with E-state index in [4.69, 9.17) is 13.3 Å². The van der Waals surface area contributed by atoms with E-state index in [-0.39, 0.29) is 0 Å². The molecule has 0 aliphatic heterocycles. The Labute approximate surface area is 108 Å². The highest BCUT2D eigenvalue weighted by atomic mass is 28.4. The molecule has 7 heteroatoms. The molecule has 18 heavy (non-hydrogen) atoms. The average Bonchev–Trinajstić information content (AvgIpc) is 2.26. The van der Waals surface area contributed by atoms with E-state index in [1.165, 1.54) is 0 Å². The van der Waals surface area contributed by atoms with Gasteiger partial charge >= 0.3 is 15.0 Å². The summed E-state index contributed by atoms with van der Waals surface area (Å²) in [5.41, 5.74) is 0. The van der Waals surface area contributed by atoms with Crippen molar-refractivity contribution in [2.45, 2.75) is 58.9 Å². The van der Waals surface area contributed by atoms with Crippen LogP contribution >= 0.6 is 0 Å². The van der Waals surface area contributed by atoms with E-state index in [9.17, 15) is 13.2 Å². The fraction of sp³-hybridized carbons (Fsp3) is 1.00. The SMILES string of the molecule is CCCC[Si](OCC)(OCC)OC(C)C(F)(F)F. The molecule has 0 spiro atoms. The minimum Gasteiger partial charge on any atom is -0.374 e. The number of halogens is 3. The molecule has 0 radical (unpaired) electrons. The Kier molecular flexibility index (Phi) is 8.09. The summed E-state index contributed by atoms with van der Waals surface area (Å²) in [7, 11) is -3.21. The molecule has 0 saturated carbocycles. The first-order valence-corrected chi connectivity index (χ1v) is 8.27. The van der Waals surface area contributed by atoms with Crippen LogP contribution in [-0.2, 0) is 13.3 Å². The molecular formula is C11H23F3O3Si. The molecule has 0 amide bonds. The van der Waals surface area contributed by atoms with Crippen molar-refractivity contribution in [3.63, 3.8) is 0 Å². The van der Waals surface area contributed by atoms with Crippen LogP contribution in [0.3, 0.4) is 0 Å². The summed E-state index contributed by atoms with van der Waals surface area (Å²) in [6.45, 7) is 7.00. The van der Waals surface area contributed by atoms with Crippen molar-refractivity contribution in [3.8, 4) is 0 Å². The third-order valence-corrected chi connectivity index (χ3v) is 5.52. The zero-order valence-corrected chi connectivity index (χ0v) is 12.5. The number of hydrogen-bond donors (Lipinski definition) is 0. The molecule has 1 unspecified atom stereocenters. The fourth-order valence-electron chi connectivity index (χ4n) is 1.48. The summed E-state index contributed by atoms with van der Waals surface area (Å²) < 4.78 is 53.7. The lowest BCUT2D eigenvalue weighted by Gasteiger charge is -2.32. The third-order valence-electron chi connectivity index (χ3n) is 2.38. The quantitative estimate of drug-likeness (QED) is 0.605. The zero-order chi connectivity index (χ0) is 14.2. The van der Waals surface area contributed by atoms with Crippen LogP contribution in [0.2, 0.25) is 6.04 Å². The van der Waals surface area contributed by atoms with Gasteiger partial charge < -0.3 is 13.3 Å². The van der Waals surface area contributed by atoms with Gasteiger partial charge in [0, 0.05) is 19.3 Å². The number of alkyl halides is 3. The van der Waals surface area contributed by atoms with Gasteiger partial charge in [-0.05, 0) is 27.2 Å². The molecule has 0 aliphatic rings. The van der Waals surface area contributed by atoms with Crippen LogP contribution in [0.25, 0.3) is 0 Å². The standard InChI is InChI=1S/C11H23F3O3Si/c1-5-8-9-18(15-6-2,16-7-3)17-10(4)11(12,13)14/h10H,5-9H2,1-4H3. The van der Waals surface area contributed by atoms with Crippen molar-refractivity contribution in [2.75, 3.05) is 13.2 Å². The Morgan fingerprint density at radius 1 is 1.06 bits per heavy atom. The van der Waals surface area contributed by atoms with E-state index in [1.54, 1.807) is 13.8 Å². The first-order valence-electron chi connectivity index (χ1n) is 6.33. The molecule has 0 saturated heterocycles. The van der Waals surface area contributed by atoms with Crippen LogP contribution in [-0.4, -0.2) is 34.3 Å². The topological polar surface area (TPSA) is 27.7 Å². The van der Waals surface area contributed by atoms with E-state index in [0.717, 1.165) is 19.8 Å². The van der Waals surface area contributed by atoms with E-state index in [0.29, 0.717) is 19.3 Å². The van der Waals surface area contributed by atoms with Gasteiger partial charge in [0.05, 0.1) is 0 Å². The van der Waals surface area contributed by atoms with Crippen molar-refractivity contribution in [2.24, 2.45) is 0 Å². The van der Waals surface area contributed by atoms with Gasteiger partial charge in [0.2, 0.25) is 0 Å². The van der Waals surface area contributed by atoms with Crippen LogP contribution in [0.4, 0.5) is 13.2 Å². The van der Waals surface area contributed by atoms with Crippen molar-refractivity contribution in [3.05, 3.63) is 0 Å². The maximum Gasteiger partial charge on any atom is 0.501 e. The lowest BCUT2D eigenvalue weighted by Crippen LogP contribution is -2.50. The lowest BCUT2D eigenvalue weighted by molar-refractivity contribution is -0.201. The second-order valence-corrected chi connectivity index (χ2v) is 6.63. The van der Waals surface area contributed by atoms with Gasteiger partial charge in [0.25, 0.3) is 0 Å². The molecule has 0 aromatic rings. The summed E-state index contributed by atoms with van der Waals surface area (Å²) >= 11 is 0. The zero-order valence-electron chi connectivity index (χ0n) is 11.5. The predicted molar refractivity (Wildman–Crippen MR) is 65.3 cm³/mol. The number of unbranched alkanes of at least 4 members (excludes halogenated alkanes) is 1. The lowest BCUT2D eigenvalue weighted by atomic mass is 10.4. The summed E-state index contributed by atoms with van der Waals surface area (Å²) in [4.78, 5) is 0. The van der Waals surface area contributed by atoms with Gasteiger partial charge in [0.15, 0.2) is 0 Å². The monoisotopic (exact) mass is 288 g/mol. The Morgan fingerprint density at radius 3 is 1.89 bits per heavy atom. The van der Waals surface area contributed by atoms with Gasteiger partial charge in [-0.3, -0.25) is 0 Å². The molecule has 0 aromatic heterocycles. The van der Waals surface area contributed by atoms with Crippen molar-refractivity contribution in [1.29, 1.82) is 0 Å².